The summed E-state index contributed by atoms with van der Waals surface area (Å²) < 4.78 is 20.6. The van der Waals surface area contributed by atoms with Crippen LogP contribution in [-0.4, -0.2) is 40.6 Å². The minimum Gasteiger partial charge on any atom is -0.680 e. The highest BCUT2D eigenvalue weighted by molar-refractivity contribution is 6.14. The van der Waals surface area contributed by atoms with E-state index in [-0.39, 0.29) is 23.2 Å². The van der Waals surface area contributed by atoms with E-state index in [1.165, 1.54) is 24.4 Å². The number of carbonyl (C=O) groups excluding carboxylic acids is 1. The molecule has 1 aliphatic rings. The topological polar surface area (TPSA) is 80.4 Å². The third kappa shape index (κ3) is 5.26. The number of pyridine rings is 1. The number of aromatic nitrogens is 1. The van der Waals surface area contributed by atoms with Crippen LogP contribution in [0.4, 0.5) is 10.1 Å². The third-order valence-electron chi connectivity index (χ3n) is 5.46. The molecule has 0 aliphatic carbocycles. The molecule has 2 aromatic carbocycles. The molecule has 0 saturated carbocycles. The number of carbonyl (C=O) groups is 1. The number of para-hydroxylation sites is 1. The van der Waals surface area contributed by atoms with Crippen molar-refractivity contribution in [3.8, 4) is 11.5 Å². The number of halogens is 1. The maximum absolute atomic E-state index is 14.9. The van der Waals surface area contributed by atoms with Gasteiger partial charge in [-0.15, -0.1) is 11.7 Å². The van der Waals surface area contributed by atoms with Crippen LogP contribution in [0.3, 0.4) is 0 Å². The minimum absolute atomic E-state index is 0.0135. The fraction of sp³-hybridized carbons (Fsp3) is 0.192. The zero-order valence-electron chi connectivity index (χ0n) is 18.1. The first-order valence-corrected chi connectivity index (χ1v) is 10.7. The van der Waals surface area contributed by atoms with Gasteiger partial charge in [-0.25, -0.2) is 4.39 Å². The molecule has 1 atom stereocenters. The average Bonchev–Trinajstić information content (AvgIpc) is 2.84. The van der Waals surface area contributed by atoms with E-state index >= 15 is 0 Å². The molecule has 1 aliphatic heterocycles. The Kier molecular flexibility index (Phi) is 6.78. The molecule has 2 heterocycles. The standard InChI is InChI=1S/C26H24FN4O2/c1-2-25(32)31-14-6-7-18(17-31)30-24-12-13-29-16-22(24)26(28)21-11-10-20(15-23(21)27)33-19-8-4-3-5-9-19/h2-5,8-13,15-16,18H,1,6-7,14,17H2,(H-,28,29,30)/q-1. The summed E-state index contributed by atoms with van der Waals surface area (Å²) in [5.41, 5.74) is 1.10. The normalized spacial score (nSPS) is 15.5. The highest BCUT2D eigenvalue weighted by atomic mass is 19.1. The molecule has 1 fully saturated rings. The fourth-order valence-corrected chi connectivity index (χ4v) is 3.81. The summed E-state index contributed by atoms with van der Waals surface area (Å²) >= 11 is 0. The lowest BCUT2D eigenvalue weighted by molar-refractivity contribution is -0.126. The zero-order valence-corrected chi connectivity index (χ0v) is 18.1. The second-order valence-electron chi connectivity index (χ2n) is 7.74. The number of nitrogens with zero attached hydrogens (tertiary/aromatic N) is 3. The number of amides is 1. The molecule has 1 saturated heterocycles. The van der Waals surface area contributed by atoms with Gasteiger partial charge in [0.2, 0.25) is 5.91 Å². The molecule has 3 aromatic rings. The van der Waals surface area contributed by atoms with Crippen LogP contribution in [0.2, 0.25) is 0 Å². The maximum atomic E-state index is 14.9. The minimum atomic E-state index is -0.566. The number of rotatable bonds is 7. The van der Waals surface area contributed by atoms with Crippen LogP contribution < -0.4 is 4.74 Å². The Morgan fingerprint density at radius 1 is 1.18 bits per heavy atom. The molecule has 1 amide bonds. The van der Waals surface area contributed by atoms with Gasteiger partial charge in [-0.05, 0) is 36.8 Å². The van der Waals surface area contributed by atoms with Gasteiger partial charge in [0, 0.05) is 42.7 Å². The van der Waals surface area contributed by atoms with E-state index in [4.69, 9.17) is 15.5 Å². The summed E-state index contributed by atoms with van der Waals surface area (Å²) in [5, 5.41) is 13.4. The summed E-state index contributed by atoms with van der Waals surface area (Å²) in [6.45, 7) is 4.72. The van der Waals surface area contributed by atoms with Gasteiger partial charge >= 0.3 is 0 Å². The maximum Gasteiger partial charge on any atom is 0.245 e. The van der Waals surface area contributed by atoms with E-state index in [9.17, 15) is 9.18 Å². The van der Waals surface area contributed by atoms with E-state index < -0.39 is 5.82 Å². The molecule has 6 nitrogen and oxygen atoms in total. The first kappa shape index (κ1) is 22.2. The van der Waals surface area contributed by atoms with E-state index in [2.05, 4.69) is 11.6 Å². The van der Waals surface area contributed by atoms with Crippen LogP contribution in [0.25, 0.3) is 5.32 Å². The third-order valence-corrected chi connectivity index (χ3v) is 5.46. The lowest BCUT2D eigenvalue weighted by Gasteiger charge is -2.42. The molecule has 168 valence electrons. The van der Waals surface area contributed by atoms with Crippen LogP contribution in [0.5, 0.6) is 11.5 Å². The van der Waals surface area contributed by atoms with E-state index in [1.54, 1.807) is 35.4 Å². The highest BCUT2D eigenvalue weighted by Crippen LogP contribution is 2.32. The zero-order chi connectivity index (χ0) is 23.2. The molecule has 33 heavy (non-hydrogen) atoms. The largest absolute Gasteiger partial charge is 0.680 e. The number of likely N-dealkylation sites (tertiary alicyclic amines) is 1. The van der Waals surface area contributed by atoms with Crippen molar-refractivity contribution in [1.82, 2.24) is 9.88 Å². The number of nitrogens with one attached hydrogen (secondary N) is 1. The molecule has 4 rings (SSSR count). The average molecular weight is 444 g/mol. The van der Waals surface area contributed by atoms with Crippen molar-refractivity contribution >= 4 is 17.3 Å². The smallest absolute Gasteiger partial charge is 0.245 e. The Bertz CT molecular complexity index is 1170. The van der Waals surface area contributed by atoms with Crippen LogP contribution in [0.15, 0.2) is 79.6 Å². The first-order chi connectivity index (χ1) is 16.0. The molecular weight excluding hydrogens is 419 g/mol. The highest BCUT2D eigenvalue weighted by Gasteiger charge is 2.18. The van der Waals surface area contributed by atoms with Crippen molar-refractivity contribution in [1.29, 1.82) is 5.41 Å². The van der Waals surface area contributed by atoms with Gasteiger partial charge in [-0.1, -0.05) is 37.3 Å². The van der Waals surface area contributed by atoms with Crippen molar-refractivity contribution in [2.75, 3.05) is 13.1 Å². The first-order valence-electron chi connectivity index (χ1n) is 10.7. The van der Waals surface area contributed by atoms with Crippen LogP contribution in [0.1, 0.15) is 24.0 Å². The summed E-state index contributed by atoms with van der Waals surface area (Å²) in [7, 11) is 0. The lowest BCUT2D eigenvalue weighted by atomic mass is 10.00. The molecule has 1 N–H and O–H groups in total. The van der Waals surface area contributed by atoms with Gasteiger partial charge in [0.05, 0.1) is 5.71 Å². The predicted octanol–water partition coefficient (Wildman–Crippen LogP) is 5.61. The van der Waals surface area contributed by atoms with Gasteiger partial charge in [-0.2, -0.15) is 0 Å². The molecular formula is C26H24FN4O2-. The Balaban J connectivity index is 1.52. The van der Waals surface area contributed by atoms with Crippen molar-refractivity contribution in [2.45, 2.75) is 18.9 Å². The van der Waals surface area contributed by atoms with E-state index in [0.717, 1.165) is 12.8 Å². The van der Waals surface area contributed by atoms with Gasteiger partial charge in [0.15, 0.2) is 0 Å². The van der Waals surface area contributed by atoms with Crippen molar-refractivity contribution in [2.24, 2.45) is 0 Å². The number of piperidine rings is 1. The van der Waals surface area contributed by atoms with Crippen molar-refractivity contribution in [3.05, 3.63) is 102 Å². The Morgan fingerprint density at radius 2 is 2.00 bits per heavy atom. The van der Waals surface area contributed by atoms with Crippen LogP contribution in [0, 0.1) is 11.2 Å². The van der Waals surface area contributed by atoms with E-state index in [1.807, 2.05) is 18.2 Å². The fourth-order valence-electron chi connectivity index (χ4n) is 3.81. The summed E-state index contributed by atoms with van der Waals surface area (Å²) in [6, 6.07) is 15.1. The van der Waals surface area contributed by atoms with Crippen molar-refractivity contribution in [3.63, 3.8) is 0 Å². The Morgan fingerprint density at radius 3 is 2.76 bits per heavy atom. The Labute approximate surface area is 192 Å². The summed E-state index contributed by atoms with van der Waals surface area (Å²) in [5.74, 6) is 0.270. The van der Waals surface area contributed by atoms with Crippen LogP contribution in [-0.2, 0) is 4.79 Å². The molecule has 1 unspecified atom stereocenters. The lowest BCUT2D eigenvalue weighted by Crippen LogP contribution is -2.40. The Hall–Kier alpha value is -4.00. The molecule has 7 heteroatoms. The number of hydrogen-bond acceptors (Lipinski definition) is 4. The van der Waals surface area contributed by atoms with Gasteiger partial charge in [0.1, 0.15) is 17.3 Å². The van der Waals surface area contributed by atoms with E-state index in [0.29, 0.717) is 35.8 Å². The SMILES string of the molecule is C=CC(=O)N1CCCC([N-]c2ccncc2C(=N)c2ccc(Oc3ccccc3)cc2F)C1. The monoisotopic (exact) mass is 443 g/mol. The van der Waals surface area contributed by atoms with Gasteiger partial charge in [-0.3, -0.25) is 15.2 Å². The predicted molar refractivity (Wildman–Crippen MR) is 126 cm³/mol. The quantitative estimate of drug-likeness (QED) is 0.381. The molecule has 0 radical (unpaired) electrons. The molecule has 0 bridgehead atoms. The summed E-state index contributed by atoms with van der Waals surface area (Å²) in [4.78, 5) is 17.8. The van der Waals surface area contributed by atoms with Gasteiger partial charge < -0.3 is 15.0 Å². The number of benzene rings is 2. The second kappa shape index (κ2) is 10.1. The molecule has 1 aromatic heterocycles. The van der Waals surface area contributed by atoms with Crippen molar-refractivity contribution < 1.29 is 13.9 Å². The number of ether oxygens (including phenoxy) is 1. The van der Waals surface area contributed by atoms with Crippen LogP contribution >= 0.6 is 0 Å². The summed E-state index contributed by atoms with van der Waals surface area (Å²) in [6.07, 6.45) is 6.09. The second-order valence-corrected chi connectivity index (χ2v) is 7.74. The number of hydrogen-bond donors (Lipinski definition) is 1. The van der Waals surface area contributed by atoms with Gasteiger partial charge in [0.25, 0.3) is 0 Å². The molecule has 0 spiro atoms.